The Morgan fingerprint density at radius 2 is 1.24 bits per heavy atom. The van der Waals surface area contributed by atoms with Crippen molar-refractivity contribution in [3.8, 4) is 0 Å². The molecule has 0 bridgehead atoms. The van der Waals surface area contributed by atoms with Gasteiger partial charge >= 0.3 is 0 Å². The van der Waals surface area contributed by atoms with Gasteiger partial charge in [-0.2, -0.15) is 4.40 Å². The molecule has 0 unspecified atom stereocenters. The summed E-state index contributed by atoms with van der Waals surface area (Å²) in [5.41, 5.74) is -1.11. The third kappa shape index (κ3) is 9.60. The van der Waals surface area contributed by atoms with Crippen LogP contribution in [0.25, 0.3) is 0 Å². The Labute approximate surface area is 225 Å². The number of hydrogen-bond acceptors (Lipinski definition) is 2. The van der Waals surface area contributed by atoms with Crippen molar-refractivity contribution >= 4 is 27.7 Å². The van der Waals surface area contributed by atoms with Crippen LogP contribution in [0, 0.1) is 11.6 Å². The van der Waals surface area contributed by atoms with E-state index in [1.54, 1.807) is 48.5 Å². The lowest BCUT2D eigenvalue weighted by molar-refractivity contribution is 0.145. The smallest absolute Gasteiger partial charge is 0.242 e. The minimum Gasteiger partial charge on any atom is -0.242 e. The third-order valence-electron chi connectivity index (χ3n) is 5.00. The quantitative estimate of drug-likeness (QED) is 0.266. The van der Waals surface area contributed by atoms with Crippen molar-refractivity contribution in [3.63, 3.8) is 0 Å². The maximum Gasteiger partial charge on any atom is 0.266 e. The van der Waals surface area contributed by atoms with E-state index >= 15 is 0 Å². The van der Waals surface area contributed by atoms with E-state index in [2.05, 4.69) is 9.12 Å². The average Bonchev–Trinajstić information content (AvgIpc) is 2.77. The molecule has 2 rings (SSSR count). The number of halogens is 6. The lowest BCUT2D eigenvalue weighted by Gasteiger charge is -2.22. The fourth-order valence-electron chi connectivity index (χ4n) is 2.78. The SMILES string of the molecule is CC(=N[S@](=O)C(C)(C)C)c1cccc(C(F)F)c1F.C[C@@H](N[S@](=O)C(C)(C)C)c1cccc(C(F)F)c1F. The standard InChI is InChI=1S/C13H18F3NOS.C13H16F3NOS/c2*1-8(17-19(18)13(2,3)4)9-6-5-7-10(11(9)14)12(15)16/h5-8,12,17H,1-4H3;5-7,12H,1-4H3/t8-,19-;19-/m11/s1. The summed E-state index contributed by atoms with van der Waals surface area (Å²) in [6.07, 6.45) is -5.75. The van der Waals surface area contributed by atoms with Gasteiger partial charge in [0.2, 0.25) is 0 Å². The van der Waals surface area contributed by atoms with E-state index in [0.29, 0.717) is 0 Å². The van der Waals surface area contributed by atoms with Crippen molar-refractivity contribution in [1.29, 1.82) is 0 Å². The Morgan fingerprint density at radius 3 is 1.68 bits per heavy atom. The van der Waals surface area contributed by atoms with E-state index in [9.17, 15) is 34.8 Å². The number of alkyl halides is 4. The zero-order valence-corrected chi connectivity index (χ0v) is 24.2. The molecule has 2 aromatic rings. The fraction of sp³-hybridized carbons (Fsp3) is 0.500. The van der Waals surface area contributed by atoms with Crippen LogP contribution in [-0.2, 0) is 22.0 Å². The average molecular weight is 585 g/mol. The predicted octanol–water partition coefficient (Wildman–Crippen LogP) is 7.91. The van der Waals surface area contributed by atoms with Gasteiger partial charge in [0.1, 0.15) is 22.6 Å². The van der Waals surface area contributed by atoms with Gasteiger partial charge in [-0.05, 0) is 55.4 Å². The molecule has 0 aliphatic heterocycles. The Bertz CT molecular complexity index is 1180. The summed E-state index contributed by atoms with van der Waals surface area (Å²) in [6, 6.07) is 6.93. The second-order valence-corrected chi connectivity index (χ2v) is 14.2. The molecule has 1 N–H and O–H groups in total. The molecule has 38 heavy (non-hydrogen) atoms. The van der Waals surface area contributed by atoms with E-state index < -0.39 is 73.1 Å². The Kier molecular flexibility index (Phi) is 12.4. The summed E-state index contributed by atoms with van der Waals surface area (Å²) in [5.74, 6) is -1.95. The van der Waals surface area contributed by atoms with E-state index in [-0.39, 0.29) is 16.8 Å². The third-order valence-corrected chi connectivity index (χ3v) is 8.16. The van der Waals surface area contributed by atoms with E-state index in [4.69, 9.17) is 0 Å². The summed E-state index contributed by atoms with van der Waals surface area (Å²) in [4.78, 5) is 0. The summed E-state index contributed by atoms with van der Waals surface area (Å²) in [5, 5.41) is 0. The molecular formula is C26H34F6N2O2S2. The van der Waals surface area contributed by atoms with Crippen molar-refractivity contribution in [3.05, 3.63) is 70.3 Å². The van der Waals surface area contributed by atoms with Crippen molar-refractivity contribution in [2.24, 2.45) is 4.40 Å². The minimum absolute atomic E-state index is 0.0459. The molecule has 0 amide bonds. The Hall–Kier alpha value is -2.05. The van der Waals surface area contributed by atoms with Gasteiger partial charge in [0.25, 0.3) is 12.9 Å². The van der Waals surface area contributed by atoms with Crippen LogP contribution >= 0.6 is 0 Å². The molecule has 3 atom stereocenters. The normalized spacial score (nSPS) is 15.2. The first-order chi connectivity index (χ1) is 17.3. The molecule has 0 heterocycles. The molecule has 214 valence electrons. The highest BCUT2D eigenvalue weighted by molar-refractivity contribution is 7.85. The van der Waals surface area contributed by atoms with Crippen LogP contribution in [0.2, 0.25) is 0 Å². The number of nitrogens with one attached hydrogen (secondary N) is 1. The molecule has 0 aliphatic carbocycles. The predicted molar refractivity (Wildman–Crippen MR) is 142 cm³/mol. The van der Waals surface area contributed by atoms with Crippen LogP contribution < -0.4 is 4.72 Å². The molecule has 0 radical (unpaired) electrons. The first kappa shape index (κ1) is 34.0. The maximum atomic E-state index is 13.9. The summed E-state index contributed by atoms with van der Waals surface area (Å²) >= 11 is 0. The van der Waals surface area contributed by atoms with Crippen LogP contribution in [0.5, 0.6) is 0 Å². The molecule has 4 nitrogen and oxygen atoms in total. The van der Waals surface area contributed by atoms with Crippen molar-refractivity contribution in [1.82, 2.24) is 4.72 Å². The topological polar surface area (TPSA) is 58.5 Å². The number of benzene rings is 2. The highest BCUT2D eigenvalue weighted by Crippen LogP contribution is 2.28. The van der Waals surface area contributed by atoms with E-state index in [1.165, 1.54) is 31.2 Å². The number of rotatable bonds is 7. The zero-order chi connectivity index (χ0) is 29.6. The van der Waals surface area contributed by atoms with Gasteiger partial charge in [0.05, 0.1) is 37.3 Å². The zero-order valence-electron chi connectivity index (χ0n) is 22.5. The first-order valence-corrected chi connectivity index (χ1v) is 13.8. The summed E-state index contributed by atoms with van der Waals surface area (Å²) in [7, 11) is -2.96. The molecule has 2 aromatic carbocycles. The highest BCUT2D eigenvalue weighted by atomic mass is 32.2. The van der Waals surface area contributed by atoms with Gasteiger partial charge in [-0.1, -0.05) is 36.4 Å². The van der Waals surface area contributed by atoms with Crippen molar-refractivity contribution in [2.45, 2.75) is 83.8 Å². The molecule has 0 fully saturated rings. The first-order valence-electron chi connectivity index (χ1n) is 11.6. The Morgan fingerprint density at radius 1 is 0.789 bits per heavy atom. The molecular weight excluding hydrogens is 550 g/mol. The molecule has 0 aromatic heterocycles. The maximum absolute atomic E-state index is 13.9. The Balaban J connectivity index is 0.000000380. The lowest BCUT2D eigenvalue weighted by Crippen LogP contribution is -2.35. The summed E-state index contributed by atoms with van der Waals surface area (Å²) in [6.45, 7) is 13.6. The van der Waals surface area contributed by atoms with Crippen LogP contribution in [0.15, 0.2) is 40.8 Å². The fourth-order valence-corrected chi connectivity index (χ4v) is 4.20. The second-order valence-electron chi connectivity index (χ2n) is 10.3. The lowest BCUT2D eigenvalue weighted by atomic mass is 10.0. The van der Waals surface area contributed by atoms with Crippen LogP contribution in [0.1, 0.15) is 96.5 Å². The van der Waals surface area contributed by atoms with Gasteiger partial charge < -0.3 is 0 Å². The molecule has 12 heteroatoms. The number of hydrogen-bond donors (Lipinski definition) is 1. The number of nitrogens with zero attached hydrogens (tertiary/aromatic N) is 1. The van der Waals surface area contributed by atoms with E-state index in [0.717, 1.165) is 12.1 Å². The largest absolute Gasteiger partial charge is 0.266 e. The van der Waals surface area contributed by atoms with Gasteiger partial charge in [-0.15, -0.1) is 0 Å². The van der Waals surface area contributed by atoms with Gasteiger partial charge in [0.15, 0.2) is 0 Å². The summed E-state index contributed by atoms with van der Waals surface area (Å²) < 4.78 is 107. The highest BCUT2D eigenvalue weighted by Gasteiger charge is 2.25. The van der Waals surface area contributed by atoms with Gasteiger partial charge in [0, 0.05) is 17.2 Å². The molecule has 0 spiro atoms. The molecule has 0 aliphatic rings. The van der Waals surface area contributed by atoms with Crippen molar-refractivity contribution in [2.75, 3.05) is 0 Å². The van der Waals surface area contributed by atoms with Crippen LogP contribution in [-0.4, -0.2) is 23.6 Å². The van der Waals surface area contributed by atoms with Crippen LogP contribution in [0.3, 0.4) is 0 Å². The van der Waals surface area contributed by atoms with E-state index in [1.807, 2.05) is 0 Å². The van der Waals surface area contributed by atoms with Crippen LogP contribution in [0.4, 0.5) is 26.3 Å². The minimum atomic E-state index is -2.89. The van der Waals surface area contributed by atoms with Gasteiger partial charge in [-0.25, -0.2) is 39.5 Å². The molecule has 0 saturated carbocycles. The van der Waals surface area contributed by atoms with Crippen molar-refractivity contribution < 1.29 is 34.8 Å². The van der Waals surface area contributed by atoms with Gasteiger partial charge in [-0.3, -0.25) is 0 Å². The monoisotopic (exact) mass is 584 g/mol. The molecule has 0 saturated heterocycles. The second kappa shape index (κ2) is 13.8.